The highest BCUT2D eigenvalue weighted by atomic mass is 16.5. The number of carbonyl (C=O) groups excluding carboxylic acids is 3. The average Bonchev–Trinajstić information content (AvgIpc) is 2.66. The van der Waals surface area contributed by atoms with Gasteiger partial charge in [0.1, 0.15) is 5.75 Å². The summed E-state index contributed by atoms with van der Waals surface area (Å²) >= 11 is 0. The van der Waals surface area contributed by atoms with Gasteiger partial charge in [-0.1, -0.05) is 12.1 Å². The van der Waals surface area contributed by atoms with Crippen LogP contribution in [0.4, 0.5) is 5.69 Å². The SMILES string of the molecule is CCOc1ccc(/C=C/C(=O)NNC(=O)c2ccc(NC(C)=O)cc2)cc1. The molecule has 0 spiro atoms. The summed E-state index contributed by atoms with van der Waals surface area (Å²) in [4.78, 5) is 34.8. The lowest BCUT2D eigenvalue weighted by Gasteiger charge is -2.07. The van der Waals surface area contributed by atoms with E-state index < -0.39 is 11.8 Å². The Hall–Kier alpha value is -3.61. The third kappa shape index (κ3) is 6.66. The van der Waals surface area contributed by atoms with Crippen molar-refractivity contribution in [3.8, 4) is 5.75 Å². The Kier molecular flexibility index (Phi) is 7.13. The van der Waals surface area contributed by atoms with Crippen molar-refractivity contribution in [2.75, 3.05) is 11.9 Å². The Morgan fingerprint density at radius 1 is 0.963 bits per heavy atom. The lowest BCUT2D eigenvalue weighted by atomic mass is 10.2. The smallest absolute Gasteiger partial charge is 0.269 e. The van der Waals surface area contributed by atoms with Crippen molar-refractivity contribution in [3.63, 3.8) is 0 Å². The number of hydrogen-bond donors (Lipinski definition) is 3. The molecule has 0 radical (unpaired) electrons. The third-order valence-corrected chi connectivity index (χ3v) is 3.38. The molecule has 2 aromatic carbocycles. The van der Waals surface area contributed by atoms with Crippen LogP contribution in [-0.2, 0) is 9.59 Å². The number of hydrazine groups is 1. The molecule has 2 aromatic rings. The zero-order valence-corrected chi connectivity index (χ0v) is 15.1. The van der Waals surface area contributed by atoms with Crippen molar-refractivity contribution >= 4 is 29.5 Å². The van der Waals surface area contributed by atoms with E-state index in [0.29, 0.717) is 17.9 Å². The molecule has 0 aliphatic carbocycles. The molecule has 0 atom stereocenters. The summed E-state index contributed by atoms with van der Waals surface area (Å²) in [6.45, 7) is 3.90. The van der Waals surface area contributed by atoms with Crippen LogP contribution in [0.15, 0.2) is 54.6 Å². The number of carbonyl (C=O) groups is 3. The van der Waals surface area contributed by atoms with E-state index in [0.717, 1.165) is 11.3 Å². The lowest BCUT2D eigenvalue weighted by Crippen LogP contribution is -2.40. The minimum Gasteiger partial charge on any atom is -0.494 e. The molecule has 0 aliphatic heterocycles. The quantitative estimate of drug-likeness (QED) is 0.540. The van der Waals surface area contributed by atoms with Gasteiger partial charge in [-0.05, 0) is 55.0 Å². The maximum Gasteiger partial charge on any atom is 0.269 e. The Morgan fingerprint density at radius 2 is 1.63 bits per heavy atom. The maximum atomic E-state index is 12.0. The molecular weight excluding hydrogens is 346 g/mol. The molecule has 7 heteroatoms. The minimum atomic E-state index is -0.466. The minimum absolute atomic E-state index is 0.196. The van der Waals surface area contributed by atoms with Gasteiger partial charge in [0.05, 0.1) is 6.61 Å². The van der Waals surface area contributed by atoms with Crippen LogP contribution in [-0.4, -0.2) is 24.3 Å². The van der Waals surface area contributed by atoms with Gasteiger partial charge in [0.25, 0.3) is 11.8 Å². The number of rotatable bonds is 6. The molecule has 7 nitrogen and oxygen atoms in total. The van der Waals surface area contributed by atoms with Crippen LogP contribution in [0, 0.1) is 0 Å². The molecule has 0 heterocycles. The molecule has 0 saturated carbocycles. The zero-order chi connectivity index (χ0) is 19.6. The van der Waals surface area contributed by atoms with E-state index in [9.17, 15) is 14.4 Å². The van der Waals surface area contributed by atoms with Gasteiger partial charge in [-0.2, -0.15) is 0 Å². The fourth-order valence-corrected chi connectivity index (χ4v) is 2.15. The van der Waals surface area contributed by atoms with Crippen LogP contribution >= 0.6 is 0 Å². The van der Waals surface area contributed by atoms with Crippen molar-refractivity contribution in [2.45, 2.75) is 13.8 Å². The molecule has 0 bridgehead atoms. The van der Waals surface area contributed by atoms with Crippen molar-refractivity contribution in [1.29, 1.82) is 0 Å². The standard InChI is InChI=1S/C20H21N3O4/c1-3-27-18-11-4-15(5-12-18)6-13-19(25)22-23-20(26)16-7-9-17(10-8-16)21-14(2)24/h4-13H,3H2,1-2H3,(H,21,24)(H,22,25)(H,23,26)/b13-6+. The third-order valence-electron chi connectivity index (χ3n) is 3.38. The van der Waals surface area contributed by atoms with Crippen LogP contribution < -0.4 is 20.9 Å². The van der Waals surface area contributed by atoms with E-state index >= 15 is 0 Å². The predicted molar refractivity (Wildman–Crippen MR) is 103 cm³/mol. The molecule has 27 heavy (non-hydrogen) atoms. The van der Waals surface area contributed by atoms with E-state index in [1.807, 2.05) is 31.2 Å². The van der Waals surface area contributed by atoms with Crippen molar-refractivity contribution < 1.29 is 19.1 Å². The van der Waals surface area contributed by atoms with Gasteiger partial charge in [0.15, 0.2) is 0 Å². The summed E-state index contributed by atoms with van der Waals surface area (Å²) in [7, 11) is 0. The normalized spacial score (nSPS) is 10.3. The van der Waals surface area contributed by atoms with Gasteiger partial charge in [-0.3, -0.25) is 25.2 Å². The average molecular weight is 367 g/mol. The Morgan fingerprint density at radius 3 is 2.22 bits per heavy atom. The molecule has 0 aromatic heterocycles. The van der Waals surface area contributed by atoms with Crippen molar-refractivity contribution in [1.82, 2.24) is 10.9 Å². The number of ether oxygens (including phenoxy) is 1. The first-order chi connectivity index (χ1) is 13.0. The fraction of sp³-hybridized carbons (Fsp3) is 0.150. The highest BCUT2D eigenvalue weighted by molar-refractivity contribution is 5.98. The maximum absolute atomic E-state index is 12.0. The number of hydrogen-bond acceptors (Lipinski definition) is 4. The van der Waals surface area contributed by atoms with E-state index in [1.54, 1.807) is 30.3 Å². The van der Waals surface area contributed by atoms with Gasteiger partial charge in [0.2, 0.25) is 5.91 Å². The molecule has 140 valence electrons. The molecule has 0 saturated heterocycles. The van der Waals surface area contributed by atoms with E-state index in [2.05, 4.69) is 16.2 Å². The predicted octanol–water partition coefficient (Wildman–Crippen LogP) is 2.52. The van der Waals surface area contributed by atoms with Crippen LogP contribution in [0.2, 0.25) is 0 Å². The molecule has 3 amide bonds. The Bertz CT molecular complexity index is 827. The van der Waals surface area contributed by atoms with E-state index in [-0.39, 0.29) is 5.91 Å². The summed E-state index contributed by atoms with van der Waals surface area (Å²) in [5.41, 5.74) is 6.39. The Balaban J connectivity index is 1.83. The zero-order valence-electron chi connectivity index (χ0n) is 15.1. The first-order valence-corrected chi connectivity index (χ1v) is 8.37. The molecule has 2 rings (SSSR count). The van der Waals surface area contributed by atoms with Crippen LogP contribution in [0.25, 0.3) is 6.08 Å². The van der Waals surface area contributed by atoms with Gasteiger partial charge < -0.3 is 10.1 Å². The second kappa shape index (κ2) is 9.76. The van der Waals surface area contributed by atoms with Crippen LogP contribution in [0.1, 0.15) is 29.8 Å². The topological polar surface area (TPSA) is 96.5 Å². The summed E-state index contributed by atoms with van der Waals surface area (Å²) in [5, 5.41) is 2.61. The summed E-state index contributed by atoms with van der Waals surface area (Å²) in [6, 6.07) is 13.6. The van der Waals surface area contributed by atoms with E-state index in [4.69, 9.17) is 4.74 Å². The van der Waals surface area contributed by atoms with Gasteiger partial charge in [-0.15, -0.1) is 0 Å². The van der Waals surface area contributed by atoms with Crippen molar-refractivity contribution in [3.05, 3.63) is 65.7 Å². The summed E-state index contributed by atoms with van der Waals surface area (Å²) < 4.78 is 5.35. The number of benzene rings is 2. The second-order valence-electron chi connectivity index (χ2n) is 5.54. The van der Waals surface area contributed by atoms with Gasteiger partial charge >= 0.3 is 0 Å². The molecular formula is C20H21N3O4. The largest absolute Gasteiger partial charge is 0.494 e. The summed E-state index contributed by atoms with van der Waals surface area (Å²) in [6.07, 6.45) is 2.94. The van der Waals surface area contributed by atoms with E-state index in [1.165, 1.54) is 13.0 Å². The molecule has 0 fully saturated rings. The number of anilines is 1. The molecule has 0 unspecified atom stereocenters. The second-order valence-corrected chi connectivity index (χ2v) is 5.54. The highest BCUT2D eigenvalue weighted by Crippen LogP contribution is 2.13. The van der Waals surface area contributed by atoms with Crippen LogP contribution in [0.3, 0.4) is 0 Å². The highest BCUT2D eigenvalue weighted by Gasteiger charge is 2.06. The van der Waals surface area contributed by atoms with Crippen molar-refractivity contribution in [2.24, 2.45) is 0 Å². The monoisotopic (exact) mass is 367 g/mol. The molecule has 3 N–H and O–H groups in total. The summed E-state index contributed by atoms with van der Waals surface area (Å²) in [5.74, 6) is -0.367. The Labute approximate surface area is 157 Å². The first-order valence-electron chi connectivity index (χ1n) is 8.37. The van der Waals surface area contributed by atoms with Gasteiger partial charge in [-0.25, -0.2) is 0 Å². The number of nitrogens with one attached hydrogen (secondary N) is 3. The fourth-order valence-electron chi connectivity index (χ4n) is 2.15. The molecule has 0 aliphatic rings. The van der Waals surface area contributed by atoms with Gasteiger partial charge in [0, 0.05) is 24.3 Å². The first kappa shape index (κ1) is 19.7. The number of amides is 3. The van der Waals surface area contributed by atoms with Crippen LogP contribution in [0.5, 0.6) is 5.75 Å². The lowest BCUT2D eigenvalue weighted by molar-refractivity contribution is -0.117.